The predicted molar refractivity (Wildman–Crippen MR) is 96.3 cm³/mol. The lowest BCUT2D eigenvalue weighted by Crippen LogP contribution is -2.34. The van der Waals surface area contributed by atoms with Gasteiger partial charge in [-0.25, -0.2) is 4.98 Å². The fourth-order valence-electron chi connectivity index (χ4n) is 3.64. The first kappa shape index (κ1) is 15.2. The van der Waals surface area contributed by atoms with Gasteiger partial charge < -0.3 is 9.72 Å². The number of nitrogens with one attached hydrogen (secondary N) is 1. The maximum atomic E-state index is 5.24. The van der Waals surface area contributed by atoms with Crippen LogP contribution in [0, 0.1) is 0 Å². The molecule has 1 saturated heterocycles. The van der Waals surface area contributed by atoms with Gasteiger partial charge in [-0.15, -0.1) is 0 Å². The van der Waals surface area contributed by atoms with Crippen molar-refractivity contribution in [2.45, 2.75) is 25.3 Å². The Labute approximate surface area is 142 Å². The van der Waals surface area contributed by atoms with Gasteiger partial charge in [0.15, 0.2) is 0 Å². The van der Waals surface area contributed by atoms with Gasteiger partial charge in [0.25, 0.3) is 0 Å². The molecule has 0 spiro atoms. The molecule has 0 radical (unpaired) electrons. The molecule has 1 aliphatic rings. The fraction of sp³-hybridized carbons (Fsp3) is 0.350. The largest absolute Gasteiger partial charge is 0.497 e. The van der Waals surface area contributed by atoms with Crippen molar-refractivity contribution in [3.05, 3.63) is 59.9 Å². The molecular weight excluding hydrogens is 298 g/mol. The number of H-pyrrole nitrogens is 1. The lowest BCUT2D eigenvalue weighted by molar-refractivity contribution is 0.199. The molecule has 0 aliphatic carbocycles. The van der Waals surface area contributed by atoms with Gasteiger partial charge in [0.05, 0.1) is 7.11 Å². The van der Waals surface area contributed by atoms with Crippen molar-refractivity contribution < 1.29 is 4.74 Å². The molecule has 0 bridgehead atoms. The summed E-state index contributed by atoms with van der Waals surface area (Å²) in [6.45, 7) is 3.26. The third-order valence-corrected chi connectivity index (χ3v) is 4.92. The summed E-state index contributed by atoms with van der Waals surface area (Å²) in [5.41, 5.74) is 3.66. The topological polar surface area (TPSA) is 41.1 Å². The molecule has 4 rings (SSSR count). The minimum atomic E-state index is 0.561. The van der Waals surface area contributed by atoms with Gasteiger partial charge in [0.1, 0.15) is 11.4 Å². The number of aromatic amines is 1. The van der Waals surface area contributed by atoms with Gasteiger partial charge in [-0.2, -0.15) is 0 Å². The molecule has 1 atom stereocenters. The number of nitrogens with zero attached hydrogens (tertiary/aromatic N) is 2. The first-order valence-electron chi connectivity index (χ1n) is 8.61. The number of pyridine rings is 1. The highest BCUT2D eigenvalue weighted by molar-refractivity contribution is 5.76. The molecule has 4 nitrogen and oxygen atoms in total. The van der Waals surface area contributed by atoms with Crippen LogP contribution in [0.15, 0.2) is 48.7 Å². The van der Waals surface area contributed by atoms with Crippen molar-refractivity contribution in [3.8, 4) is 5.75 Å². The van der Waals surface area contributed by atoms with Crippen molar-refractivity contribution in [1.82, 2.24) is 14.9 Å². The third kappa shape index (κ3) is 3.15. The SMILES string of the molecule is COc1ccc(CN2CCC[C@H](c3cc4cccnc4[nH]3)C2)cc1. The minimum Gasteiger partial charge on any atom is -0.497 e. The zero-order chi connectivity index (χ0) is 16.4. The lowest BCUT2D eigenvalue weighted by Gasteiger charge is -2.32. The second-order valence-electron chi connectivity index (χ2n) is 6.59. The quantitative estimate of drug-likeness (QED) is 0.791. The Kier molecular flexibility index (Phi) is 4.22. The Morgan fingerprint density at radius 3 is 2.92 bits per heavy atom. The second kappa shape index (κ2) is 6.65. The minimum absolute atomic E-state index is 0.561. The summed E-state index contributed by atoms with van der Waals surface area (Å²) in [6, 6.07) is 14.8. The van der Waals surface area contributed by atoms with Gasteiger partial charge >= 0.3 is 0 Å². The Balaban J connectivity index is 1.46. The fourth-order valence-corrected chi connectivity index (χ4v) is 3.64. The summed E-state index contributed by atoms with van der Waals surface area (Å²) >= 11 is 0. The van der Waals surface area contributed by atoms with Crippen molar-refractivity contribution in [2.24, 2.45) is 0 Å². The summed E-state index contributed by atoms with van der Waals surface area (Å²) in [7, 11) is 1.71. The van der Waals surface area contributed by atoms with E-state index in [0.29, 0.717) is 5.92 Å². The Morgan fingerprint density at radius 1 is 1.25 bits per heavy atom. The highest BCUT2D eigenvalue weighted by Gasteiger charge is 2.22. The van der Waals surface area contributed by atoms with E-state index in [9.17, 15) is 0 Å². The third-order valence-electron chi connectivity index (χ3n) is 4.92. The van der Waals surface area contributed by atoms with Crippen LogP contribution in [0.2, 0.25) is 0 Å². The summed E-state index contributed by atoms with van der Waals surface area (Å²) in [5.74, 6) is 1.48. The molecule has 1 fully saturated rings. The van der Waals surface area contributed by atoms with E-state index in [-0.39, 0.29) is 0 Å². The van der Waals surface area contributed by atoms with Gasteiger partial charge in [0, 0.05) is 36.3 Å². The summed E-state index contributed by atoms with van der Waals surface area (Å²) in [4.78, 5) is 10.5. The second-order valence-corrected chi connectivity index (χ2v) is 6.59. The Hall–Kier alpha value is -2.33. The number of ether oxygens (including phenoxy) is 1. The molecule has 4 heteroatoms. The van der Waals surface area contributed by atoms with Crippen LogP contribution < -0.4 is 4.74 Å². The highest BCUT2D eigenvalue weighted by atomic mass is 16.5. The van der Waals surface area contributed by atoms with Crippen LogP contribution in [-0.4, -0.2) is 35.1 Å². The number of rotatable bonds is 4. The van der Waals surface area contributed by atoms with Crippen LogP contribution in [0.1, 0.15) is 30.0 Å². The zero-order valence-corrected chi connectivity index (χ0v) is 14.0. The van der Waals surface area contributed by atoms with E-state index >= 15 is 0 Å². The van der Waals surface area contributed by atoms with Crippen LogP contribution in [0.5, 0.6) is 5.75 Å². The van der Waals surface area contributed by atoms with E-state index in [4.69, 9.17) is 4.74 Å². The van der Waals surface area contributed by atoms with Crippen LogP contribution in [0.3, 0.4) is 0 Å². The van der Waals surface area contributed by atoms with Gasteiger partial charge in [-0.1, -0.05) is 12.1 Å². The Morgan fingerprint density at radius 2 is 2.12 bits per heavy atom. The molecule has 2 aromatic heterocycles. The predicted octanol–water partition coefficient (Wildman–Crippen LogP) is 3.95. The van der Waals surface area contributed by atoms with E-state index in [1.165, 1.54) is 36.0 Å². The van der Waals surface area contributed by atoms with Crippen LogP contribution in [-0.2, 0) is 6.54 Å². The highest BCUT2D eigenvalue weighted by Crippen LogP contribution is 2.29. The molecule has 0 saturated carbocycles. The van der Waals surface area contributed by atoms with E-state index in [1.807, 2.05) is 24.4 Å². The number of fused-ring (bicyclic) bond motifs is 1. The van der Waals surface area contributed by atoms with Crippen LogP contribution in [0.25, 0.3) is 11.0 Å². The maximum Gasteiger partial charge on any atom is 0.137 e. The number of piperidine rings is 1. The molecule has 0 unspecified atom stereocenters. The normalized spacial score (nSPS) is 18.8. The van der Waals surface area contributed by atoms with E-state index in [2.05, 4.69) is 39.1 Å². The van der Waals surface area contributed by atoms with Crippen molar-refractivity contribution >= 4 is 11.0 Å². The number of aromatic nitrogens is 2. The summed E-state index contributed by atoms with van der Waals surface area (Å²) in [5, 5.41) is 1.21. The molecular formula is C20H23N3O. The average molecular weight is 321 g/mol. The van der Waals surface area contributed by atoms with Crippen LogP contribution in [0.4, 0.5) is 0 Å². The molecule has 1 N–H and O–H groups in total. The number of benzene rings is 1. The summed E-state index contributed by atoms with van der Waals surface area (Å²) < 4.78 is 5.24. The molecule has 0 amide bonds. The van der Waals surface area contributed by atoms with E-state index in [0.717, 1.165) is 24.5 Å². The van der Waals surface area contributed by atoms with Crippen molar-refractivity contribution in [2.75, 3.05) is 20.2 Å². The summed E-state index contributed by atoms with van der Waals surface area (Å²) in [6.07, 6.45) is 4.33. The molecule has 1 aliphatic heterocycles. The molecule has 3 aromatic rings. The van der Waals surface area contributed by atoms with E-state index in [1.54, 1.807) is 7.11 Å². The number of hydrogen-bond donors (Lipinski definition) is 1. The van der Waals surface area contributed by atoms with E-state index < -0.39 is 0 Å². The number of methoxy groups -OCH3 is 1. The van der Waals surface area contributed by atoms with Gasteiger partial charge in [-0.3, -0.25) is 4.90 Å². The smallest absolute Gasteiger partial charge is 0.137 e. The monoisotopic (exact) mass is 321 g/mol. The molecule has 1 aromatic carbocycles. The standard InChI is InChI=1S/C20H23N3O/c1-24-18-8-6-15(7-9-18)13-23-11-3-5-17(14-23)19-12-16-4-2-10-21-20(16)22-19/h2,4,6-10,12,17H,3,5,11,13-14H2,1H3,(H,21,22)/t17-/m0/s1. The maximum absolute atomic E-state index is 5.24. The first-order chi connectivity index (χ1) is 11.8. The lowest BCUT2D eigenvalue weighted by atomic mass is 9.94. The van der Waals surface area contributed by atoms with Crippen molar-refractivity contribution in [1.29, 1.82) is 0 Å². The van der Waals surface area contributed by atoms with Gasteiger partial charge in [0.2, 0.25) is 0 Å². The van der Waals surface area contributed by atoms with Crippen LogP contribution >= 0.6 is 0 Å². The number of hydrogen-bond acceptors (Lipinski definition) is 3. The van der Waals surface area contributed by atoms with Crippen molar-refractivity contribution in [3.63, 3.8) is 0 Å². The average Bonchev–Trinajstić information content (AvgIpc) is 3.07. The first-order valence-corrected chi connectivity index (χ1v) is 8.61. The molecule has 24 heavy (non-hydrogen) atoms. The molecule has 124 valence electrons. The zero-order valence-electron chi connectivity index (χ0n) is 14.0. The Bertz CT molecular complexity index is 776. The number of likely N-dealkylation sites (tertiary alicyclic amines) is 1. The van der Waals surface area contributed by atoms with Gasteiger partial charge in [-0.05, 0) is 55.3 Å². The molecule has 3 heterocycles.